The van der Waals surface area contributed by atoms with Crippen LogP contribution in [0.2, 0.25) is 0 Å². The first kappa shape index (κ1) is 32.8. The summed E-state index contributed by atoms with van der Waals surface area (Å²) in [4.78, 5) is 2.53. The Kier molecular flexibility index (Phi) is 7.36. The van der Waals surface area contributed by atoms with Gasteiger partial charge in [0, 0.05) is 16.9 Å². The molecule has 0 radical (unpaired) electrons. The average molecular weight is 730 g/mol. The molecule has 272 valence electrons. The summed E-state index contributed by atoms with van der Waals surface area (Å²) in [5.41, 5.74) is 20.3. The van der Waals surface area contributed by atoms with Crippen LogP contribution in [0.15, 0.2) is 194 Å². The quantitative estimate of drug-likeness (QED) is 0.165. The molecule has 0 amide bonds. The van der Waals surface area contributed by atoms with Crippen molar-refractivity contribution in [2.75, 3.05) is 4.90 Å². The minimum Gasteiger partial charge on any atom is -0.310 e. The lowest BCUT2D eigenvalue weighted by Crippen LogP contribution is -2.26. The fourth-order valence-corrected chi connectivity index (χ4v) is 11.7. The van der Waals surface area contributed by atoms with Gasteiger partial charge in [0.25, 0.3) is 0 Å². The lowest BCUT2D eigenvalue weighted by atomic mass is 9.70. The van der Waals surface area contributed by atoms with E-state index >= 15 is 0 Å². The fraction of sp³-hybridized carbons (Fsp3) is 0.143. The second kappa shape index (κ2) is 12.8. The van der Waals surface area contributed by atoms with Crippen molar-refractivity contribution < 1.29 is 0 Å². The van der Waals surface area contributed by atoms with Crippen LogP contribution in [0.25, 0.3) is 44.5 Å². The van der Waals surface area contributed by atoms with E-state index in [0.717, 1.165) is 11.8 Å². The molecule has 4 aliphatic carbocycles. The van der Waals surface area contributed by atoms with E-state index in [-0.39, 0.29) is 0 Å². The van der Waals surface area contributed by atoms with E-state index in [2.05, 4.69) is 199 Å². The summed E-state index contributed by atoms with van der Waals surface area (Å²) in [6.45, 7) is 0. The minimum atomic E-state index is -0.411. The molecular weight excluding hydrogens is 687 g/mol. The molecule has 1 heteroatoms. The predicted molar refractivity (Wildman–Crippen MR) is 236 cm³/mol. The molecule has 2 saturated carbocycles. The number of fused-ring (bicyclic) bond motifs is 12. The first-order valence-electron chi connectivity index (χ1n) is 20.8. The van der Waals surface area contributed by atoms with Crippen molar-refractivity contribution in [1.82, 2.24) is 0 Å². The molecule has 4 aliphatic rings. The van der Waals surface area contributed by atoms with E-state index in [1.54, 1.807) is 0 Å². The van der Waals surface area contributed by atoms with Crippen LogP contribution in [0, 0.1) is 11.8 Å². The molecular formula is C56H43N. The SMILES string of the molecule is c1ccc(-c2ccccc2-c2ccccc2N(c2ccc(C3CC4CCC3C4)cc2)c2ccc3c(c2)C2(c4ccccc4-c4ccccc42)c2ccccc2-3)cc1. The molecule has 0 aliphatic heterocycles. The van der Waals surface area contributed by atoms with Crippen LogP contribution in [-0.4, -0.2) is 0 Å². The highest BCUT2D eigenvalue weighted by Gasteiger charge is 2.51. The second-order valence-corrected chi connectivity index (χ2v) is 16.8. The Morgan fingerprint density at radius 2 is 0.912 bits per heavy atom. The molecule has 8 aromatic carbocycles. The molecule has 12 rings (SSSR count). The lowest BCUT2D eigenvalue weighted by Gasteiger charge is -2.33. The minimum absolute atomic E-state index is 0.411. The van der Waals surface area contributed by atoms with Gasteiger partial charge in [-0.2, -0.15) is 0 Å². The third-order valence-corrected chi connectivity index (χ3v) is 14.0. The van der Waals surface area contributed by atoms with Gasteiger partial charge >= 0.3 is 0 Å². The van der Waals surface area contributed by atoms with Crippen LogP contribution in [-0.2, 0) is 5.41 Å². The summed E-state index contributed by atoms with van der Waals surface area (Å²) in [6, 6.07) is 73.1. The summed E-state index contributed by atoms with van der Waals surface area (Å²) < 4.78 is 0. The van der Waals surface area contributed by atoms with Gasteiger partial charge in [-0.15, -0.1) is 0 Å². The molecule has 1 spiro atoms. The smallest absolute Gasteiger partial charge is 0.0726 e. The van der Waals surface area contributed by atoms with Crippen LogP contribution >= 0.6 is 0 Å². The summed E-state index contributed by atoms with van der Waals surface area (Å²) >= 11 is 0. The van der Waals surface area contributed by atoms with Gasteiger partial charge in [-0.05, 0) is 134 Å². The van der Waals surface area contributed by atoms with Gasteiger partial charge in [-0.1, -0.05) is 170 Å². The molecule has 0 N–H and O–H groups in total. The predicted octanol–water partition coefficient (Wildman–Crippen LogP) is 14.7. The topological polar surface area (TPSA) is 3.24 Å². The Morgan fingerprint density at radius 3 is 1.53 bits per heavy atom. The Labute approximate surface area is 335 Å². The third kappa shape index (κ3) is 4.82. The average Bonchev–Trinajstić information content (AvgIpc) is 4.06. The molecule has 3 atom stereocenters. The zero-order chi connectivity index (χ0) is 37.5. The molecule has 57 heavy (non-hydrogen) atoms. The van der Waals surface area contributed by atoms with Crippen molar-refractivity contribution in [2.45, 2.75) is 37.0 Å². The van der Waals surface area contributed by atoms with Crippen LogP contribution < -0.4 is 4.90 Å². The fourth-order valence-electron chi connectivity index (χ4n) is 11.7. The Balaban J connectivity index is 1.09. The maximum atomic E-state index is 2.53. The van der Waals surface area contributed by atoms with Crippen molar-refractivity contribution in [3.63, 3.8) is 0 Å². The van der Waals surface area contributed by atoms with Gasteiger partial charge in [0.1, 0.15) is 0 Å². The number of rotatable bonds is 6. The molecule has 1 nitrogen and oxygen atoms in total. The normalized spacial score (nSPS) is 18.9. The maximum Gasteiger partial charge on any atom is 0.0726 e. The first-order chi connectivity index (χ1) is 28.3. The zero-order valence-electron chi connectivity index (χ0n) is 32.0. The first-order valence-corrected chi connectivity index (χ1v) is 20.8. The highest BCUT2D eigenvalue weighted by Crippen LogP contribution is 2.63. The Bertz CT molecular complexity index is 2770. The van der Waals surface area contributed by atoms with E-state index in [1.807, 2.05) is 0 Å². The standard InChI is InChI=1S/C56H43N/c1-2-14-38(15-3-1)43-16-4-5-17-44(43)49-21-9-13-25-55(49)57(41-30-28-39(29-31-41)50-35-37-26-27-40(50)34-37)42-32-33-48-47-20-8-12-24-53(47)56(54(48)36-42)51-22-10-6-18-45(51)46-19-7-11-23-52(46)56/h1-25,28-33,36-37,40,50H,26-27,34-35H2. The third-order valence-electron chi connectivity index (χ3n) is 14.0. The molecule has 3 unspecified atom stereocenters. The highest BCUT2D eigenvalue weighted by atomic mass is 15.1. The van der Waals surface area contributed by atoms with Crippen molar-refractivity contribution in [1.29, 1.82) is 0 Å². The Morgan fingerprint density at radius 1 is 0.386 bits per heavy atom. The summed E-state index contributed by atoms with van der Waals surface area (Å²) in [5.74, 6) is 2.46. The van der Waals surface area contributed by atoms with E-state index in [0.29, 0.717) is 5.92 Å². The maximum absolute atomic E-state index is 2.53. The molecule has 2 bridgehead atoms. The van der Waals surface area contributed by atoms with Gasteiger partial charge in [0.2, 0.25) is 0 Å². The van der Waals surface area contributed by atoms with Crippen molar-refractivity contribution in [3.8, 4) is 44.5 Å². The van der Waals surface area contributed by atoms with Crippen LogP contribution in [0.3, 0.4) is 0 Å². The number of hydrogen-bond donors (Lipinski definition) is 0. The summed E-state index contributed by atoms with van der Waals surface area (Å²) in [5, 5.41) is 0. The molecule has 8 aromatic rings. The van der Waals surface area contributed by atoms with Gasteiger partial charge in [0.15, 0.2) is 0 Å². The highest BCUT2D eigenvalue weighted by molar-refractivity contribution is 5.98. The largest absolute Gasteiger partial charge is 0.310 e. The van der Waals surface area contributed by atoms with E-state index in [1.165, 1.54) is 115 Å². The van der Waals surface area contributed by atoms with Gasteiger partial charge in [-0.25, -0.2) is 0 Å². The molecule has 2 fully saturated rings. The lowest BCUT2D eigenvalue weighted by molar-refractivity contribution is 0.420. The number of nitrogens with zero attached hydrogens (tertiary/aromatic N) is 1. The van der Waals surface area contributed by atoms with Crippen LogP contribution in [0.1, 0.15) is 59.4 Å². The molecule has 0 heterocycles. The zero-order valence-corrected chi connectivity index (χ0v) is 32.0. The van der Waals surface area contributed by atoms with Crippen molar-refractivity contribution in [3.05, 3.63) is 222 Å². The van der Waals surface area contributed by atoms with Gasteiger partial charge in [0.05, 0.1) is 11.1 Å². The number of benzene rings is 8. The Hall–Kier alpha value is -6.44. The summed E-state index contributed by atoms with van der Waals surface area (Å²) in [7, 11) is 0. The summed E-state index contributed by atoms with van der Waals surface area (Å²) in [6.07, 6.45) is 5.58. The van der Waals surface area contributed by atoms with Crippen molar-refractivity contribution >= 4 is 17.1 Å². The number of hydrogen-bond acceptors (Lipinski definition) is 1. The second-order valence-electron chi connectivity index (χ2n) is 16.8. The van der Waals surface area contributed by atoms with Crippen LogP contribution in [0.4, 0.5) is 17.1 Å². The van der Waals surface area contributed by atoms with Gasteiger partial charge < -0.3 is 4.90 Å². The van der Waals surface area contributed by atoms with E-state index in [4.69, 9.17) is 0 Å². The van der Waals surface area contributed by atoms with Crippen molar-refractivity contribution in [2.24, 2.45) is 11.8 Å². The number of anilines is 3. The molecule has 0 aromatic heterocycles. The molecule has 0 saturated heterocycles. The van der Waals surface area contributed by atoms with E-state index in [9.17, 15) is 0 Å². The van der Waals surface area contributed by atoms with E-state index < -0.39 is 5.41 Å². The monoisotopic (exact) mass is 729 g/mol. The van der Waals surface area contributed by atoms with Gasteiger partial charge in [-0.3, -0.25) is 0 Å². The van der Waals surface area contributed by atoms with Crippen LogP contribution in [0.5, 0.6) is 0 Å². The number of para-hydroxylation sites is 1.